The summed E-state index contributed by atoms with van der Waals surface area (Å²) in [6.45, 7) is 5.16. The smallest absolute Gasteiger partial charge is 0.251 e. The van der Waals surface area contributed by atoms with Crippen molar-refractivity contribution in [3.8, 4) is 0 Å². The number of hydrogen-bond donors (Lipinski definition) is 2. The van der Waals surface area contributed by atoms with E-state index < -0.39 is 0 Å². The number of carbonyl (C=O) groups is 1. The van der Waals surface area contributed by atoms with Gasteiger partial charge in [-0.25, -0.2) is 0 Å². The molecule has 1 heterocycles. The molecule has 1 amide bonds. The lowest BCUT2D eigenvalue weighted by Gasteiger charge is -2.13. The van der Waals surface area contributed by atoms with Crippen molar-refractivity contribution in [3.05, 3.63) is 57.3 Å². The maximum Gasteiger partial charge on any atom is 0.251 e. The van der Waals surface area contributed by atoms with Crippen molar-refractivity contribution in [3.63, 3.8) is 0 Å². The second kappa shape index (κ2) is 7.38. The van der Waals surface area contributed by atoms with Crippen molar-refractivity contribution >= 4 is 17.2 Å². The molecule has 21 heavy (non-hydrogen) atoms. The fraction of sp³-hybridized carbons (Fsp3) is 0.353. The molecular formula is C17H22N2OS. The minimum absolute atomic E-state index is 0.0454. The topological polar surface area (TPSA) is 41.1 Å². The van der Waals surface area contributed by atoms with Gasteiger partial charge in [-0.3, -0.25) is 4.79 Å². The van der Waals surface area contributed by atoms with Crippen LogP contribution in [-0.2, 0) is 13.0 Å². The summed E-state index contributed by atoms with van der Waals surface area (Å²) in [6.07, 6.45) is 1.05. The molecular weight excluding hydrogens is 280 g/mol. The normalized spacial score (nSPS) is 12.1. The standard InChI is InChI=1S/C17H22N2OS/c1-12(10-16-9-4-13(2)21-16)19-11-14-5-7-15(8-6-14)17(20)18-3/h4-9,12,19H,10-11H2,1-3H3,(H,18,20). The summed E-state index contributed by atoms with van der Waals surface area (Å²) in [5, 5.41) is 6.15. The first-order chi connectivity index (χ1) is 10.1. The molecule has 2 N–H and O–H groups in total. The van der Waals surface area contributed by atoms with Gasteiger partial charge < -0.3 is 10.6 Å². The van der Waals surface area contributed by atoms with Crippen molar-refractivity contribution in [1.29, 1.82) is 0 Å². The first-order valence-electron chi connectivity index (χ1n) is 7.18. The van der Waals surface area contributed by atoms with Gasteiger partial charge in [0.2, 0.25) is 0 Å². The lowest BCUT2D eigenvalue weighted by Crippen LogP contribution is -2.27. The number of rotatable bonds is 6. The summed E-state index contributed by atoms with van der Waals surface area (Å²) in [6, 6.07) is 12.5. The van der Waals surface area contributed by atoms with Gasteiger partial charge in [-0.05, 0) is 50.1 Å². The van der Waals surface area contributed by atoms with Crippen molar-refractivity contribution < 1.29 is 4.79 Å². The van der Waals surface area contributed by atoms with E-state index in [0.717, 1.165) is 13.0 Å². The van der Waals surface area contributed by atoms with Gasteiger partial charge in [0.1, 0.15) is 0 Å². The lowest BCUT2D eigenvalue weighted by molar-refractivity contribution is 0.0963. The highest BCUT2D eigenvalue weighted by Gasteiger charge is 2.06. The summed E-state index contributed by atoms with van der Waals surface area (Å²) >= 11 is 1.86. The average Bonchev–Trinajstić information content (AvgIpc) is 2.90. The molecule has 0 aliphatic rings. The van der Waals surface area contributed by atoms with Crippen molar-refractivity contribution in [2.45, 2.75) is 32.9 Å². The Morgan fingerprint density at radius 1 is 1.19 bits per heavy atom. The Kier molecular flexibility index (Phi) is 5.53. The largest absolute Gasteiger partial charge is 0.355 e. The fourth-order valence-corrected chi connectivity index (χ4v) is 3.20. The zero-order valence-corrected chi connectivity index (χ0v) is 13.6. The number of hydrogen-bond acceptors (Lipinski definition) is 3. The van der Waals surface area contributed by atoms with E-state index >= 15 is 0 Å². The van der Waals surface area contributed by atoms with Crippen LogP contribution >= 0.6 is 11.3 Å². The van der Waals surface area contributed by atoms with Crippen molar-refractivity contribution in [2.24, 2.45) is 0 Å². The van der Waals surface area contributed by atoms with Gasteiger partial charge in [0.25, 0.3) is 5.91 Å². The molecule has 0 saturated heterocycles. The average molecular weight is 302 g/mol. The van der Waals surface area contributed by atoms with Crippen LogP contribution in [0.15, 0.2) is 36.4 Å². The molecule has 0 radical (unpaired) electrons. The Balaban J connectivity index is 1.83. The van der Waals surface area contributed by atoms with Crippen molar-refractivity contribution in [2.75, 3.05) is 7.05 Å². The molecule has 112 valence electrons. The number of amides is 1. The van der Waals surface area contributed by atoms with E-state index in [1.54, 1.807) is 7.05 Å². The van der Waals surface area contributed by atoms with Gasteiger partial charge in [0.05, 0.1) is 0 Å². The Morgan fingerprint density at radius 2 is 1.90 bits per heavy atom. The van der Waals surface area contributed by atoms with Gasteiger partial charge >= 0.3 is 0 Å². The van der Waals surface area contributed by atoms with Crippen LogP contribution in [0.3, 0.4) is 0 Å². The molecule has 0 aliphatic carbocycles. The first-order valence-corrected chi connectivity index (χ1v) is 8.00. The highest BCUT2D eigenvalue weighted by atomic mass is 32.1. The Labute approximate surface area is 130 Å². The molecule has 1 aromatic carbocycles. The lowest BCUT2D eigenvalue weighted by atomic mass is 10.1. The number of benzene rings is 1. The number of thiophene rings is 1. The summed E-state index contributed by atoms with van der Waals surface area (Å²) in [5.74, 6) is -0.0454. The minimum Gasteiger partial charge on any atom is -0.355 e. The van der Waals surface area contributed by atoms with E-state index in [9.17, 15) is 4.79 Å². The predicted molar refractivity (Wildman–Crippen MR) is 88.9 cm³/mol. The highest BCUT2D eigenvalue weighted by Crippen LogP contribution is 2.16. The molecule has 3 nitrogen and oxygen atoms in total. The first kappa shape index (κ1) is 15.7. The maximum absolute atomic E-state index is 11.5. The Morgan fingerprint density at radius 3 is 2.48 bits per heavy atom. The zero-order valence-electron chi connectivity index (χ0n) is 12.8. The third-order valence-electron chi connectivity index (χ3n) is 3.40. The van der Waals surface area contributed by atoms with Crippen LogP contribution in [0.2, 0.25) is 0 Å². The van der Waals surface area contributed by atoms with Crippen LogP contribution in [0.4, 0.5) is 0 Å². The van der Waals surface area contributed by atoms with E-state index in [1.165, 1.54) is 15.3 Å². The van der Waals surface area contributed by atoms with Crippen LogP contribution in [0.1, 0.15) is 32.6 Å². The summed E-state index contributed by atoms with van der Waals surface area (Å²) in [7, 11) is 1.64. The molecule has 1 atom stereocenters. The molecule has 2 aromatic rings. The fourth-order valence-electron chi connectivity index (χ4n) is 2.18. The van der Waals surface area contributed by atoms with Gasteiger partial charge in [0.15, 0.2) is 0 Å². The van der Waals surface area contributed by atoms with Gasteiger partial charge in [-0.15, -0.1) is 11.3 Å². The second-order valence-electron chi connectivity index (χ2n) is 5.27. The highest BCUT2D eigenvalue weighted by molar-refractivity contribution is 7.11. The molecule has 0 saturated carbocycles. The van der Waals surface area contributed by atoms with Crippen LogP contribution < -0.4 is 10.6 Å². The van der Waals surface area contributed by atoms with E-state index in [0.29, 0.717) is 11.6 Å². The van der Waals surface area contributed by atoms with Gasteiger partial charge in [-0.1, -0.05) is 12.1 Å². The molecule has 1 aromatic heterocycles. The Bertz CT molecular complexity index is 589. The second-order valence-corrected chi connectivity index (χ2v) is 6.65. The number of nitrogens with one attached hydrogen (secondary N) is 2. The van der Waals surface area contributed by atoms with E-state index in [4.69, 9.17) is 0 Å². The molecule has 1 unspecified atom stereocenters. The van der Waals surface area contributed by atoms with E-state index in [2.05, 4.69) is 36.6 Å². The van der Waals surface area contributed by atoms with Crippen LogP contribution in [-0.4, -0.2) is 19.0 Å². The third-order valence-corrected chi connectivity index (χ3v) is 4.42. The number of aryl methyl sites for hydroxylation is 1. The summed E-state index contributed by atoms with van der Waals surface area (Å²) < 4.78 is 0. The van der Waals surface area contributed by atoms with E-state index in [1.807, 2.05) is 35.6 Å². The van der Waals surface area contributed by atoms with Crippen LogP contribution in [0, 0.1) is 6.92 Å². The van der Waals surface area contributed by atoms with Crippen LogP contribution in [0.25, 0.3) is 0 Å². The van der Waals surface area contributed by atoms with Crippen LogP contribution in [0.5, 0.6) is 0 Å². The third kappa shape index (κ3) is 4.69. The molecule has 0 spiro atoms. The monoisotopic (exact) mass is 302 g/mol. The number of carbonyl (C=O) groups excluding carboxylic acids is 1. The van der Waals surface area contributed by atoms with E-state index in [-0.39, 0.29) is 5.91 Å². The zero-order chi connectivity index (χ0) is 15.2. The Hall–Kier alpha value is -1.65. The van der Waals surface area contributed by atoms with Crippen molar-refractivity contribution in [1.82, 2.24) is 10.6 Å². The predicted octanol–water partition coefficient (Wildman–Crippen LogP) is 3.14. The minimum atomic E-state index is -0.0454. The summed E-state index contributed by atoms with van der Waals surface area (Å²) in [4.78, 5) is 14.3. The molecule has 2 rings (SSSR count). The maximum atomic E-state index is 11.5. The van der Waals surface area contributed by atoms with Gasteiger partial charge in [0, 0.05) is 35.0 Å². The molecule has 0 bridgehead atoms. The van der Waals surface area contributed by atoms with Gasteiger partial charge in [-0.2, -0.15) is 0 Å². The quantitative estimate of drug-likeness (QED) is 0.861. The molecule has 0 fully saturated rings. The molecule has 4 heteroatoms. The SMILES string of the molecule is CNC(=O)c1ccc(CNC(C)Cc2ccc(C)s2)cc1. The molecule has 0 aliphatic heterocycles. The summed E-state index contributed by atoms with van der Waals surface area (Å²) in [5.41, 5.74) is 1.89.